The number of imide groups is 1. The number of rotatable bonds is 1. The molecule has 3 atom stereocenters. The monoisotopic (exact) mass is 333 g/mol. The summed E-state index contributed by atoms with van der Waals surface area (Å²) in [4.78, 5) is 27.4. The number of alkyl halides is 3. The van der Waals surface area contributed by atoms with E-state index in [4.69, 9.17) is 5.26 Å². The molecular weight excluding hydrogens is 323 g/mol. The molecule has 122 valence electrons. The maximum absolute atomic E-state index is 13.1. The van der Waals surface area contributed by atoms with Crippen LogP contribution in [0.2, 0.25) is 0 Å². The summed E-state index contributed by atoms with van der Waals surface area (Å²) < 4.78 is 39.3. The first-order valence-corrected chi connectivity index (χ1v) is 7.29. The van der Waals surface area contributed by atoms with Crippen molar-refractivity contribution >= 4 is 17.6 Å². The van der Waals surface area contributed by atoms with Crippen LogP contribution in [0.1, 0.15) is 17.5 Å². The number of carbonyl (C=O) groups excluding carboxylic acids is 2. The zero-order valence-electron chi connectivity index (χ0n) is 12.1. The first-order valence-electron chi connectivity index (χ1n) is 7.29. The van der Waals surface area contributed by atoms with Crippen molar-refractivity contribution in [3.8, 4) is 6.07 Å². The number of hydrogen-bond acceptors (Lipinski definition) is 3. The number of halogens is 3. The molecule has 0 unspecified atom stereocenters. The standard InChI is InChI=1S/C16H10F3N3O2/c17-16(18,19)12-6-11(4-2-9(12)7-20)22-14(23)13-8-1-3-10(5-8)21(13)15(22)24/h1-4,6,8,10,13H,5H2/t8-,10+,13+/m0/s1. The molecule has 1 aliphatic carbocycles. The van der Waals surface area contributed by atoms with E-state index in [0.29, 0.717) is 12.5 Å². The van der Waals surface area contributed by atoms with Crippen LogP contribution in [0, 0.1) is 17.2 Å². The van der Waals surface area contributed by atoms with Crippen molar-refractivity contribution in [2.45, 2.75) is 24.7 Å². The quantitative estimate of drug-likeness (QED) is 0.586. The molecule has 0 N–H and O–H groups in total. The molecule has 0 spiro atoms. The Hall–Kier alpha value is -2.82. The van der Waals surface area contributed by atoms with E-state index in [1.54, 1.807) is 0 Å². The number of carbonyl (C=O) groups is 2. The summed E-state index contributed by atoms with van der Waals surface area (Å²) in [7, 11) is 0. The van der Waals surface area contributed by atoms with E-state index in [0.717, 1.165) is 11.0 Å². The molecule has 2 saturated heterocycles. The van der Waals surface area contributed by atoms with Crippen LogP contribution >= 0.6 is 0 Å². The van der Waals surface area contributed by atoms with Gasteiger partial charge in [-0.15, -0.1) is 0 Å². The molecule has 2 aliphatic heterocycles. The second-order valence-corrected chi connectivity index (χ2v) is 6.00. The first kappa shape index (κ1) is 14.8. The fourth-order valence-corrected chi connectivity index (χ4v) is 3.71. The minimum absolute atomic E-state index is 0.0862. The average molecular weight is 333 g/mol. The van der Waals surface area contributed by atoms with Gasteiger partial charge in [-0.25, -0.2) is 9.69 Å². The van der Waals surface area contributed by atoms with Crippen LogP contribution in [0.25, 0.3) is 0 Å². The van der Waals surface area contributed by atoms with Crippen molar-refractivity contribution in [1.82, 2.24) is 4.90 Å². The van der Waals surface area contributed by atoms with E-state index < -0.39 is 35.3 Å². The van der Waals surface area contributed by atoms with Crippen LogP contribution in [0.15, 0.2) is 30.4 Å². The maximum atomic E-state index is 13.1. The fraction of sp³-hybridized carbons (Fsp3) is 0.312. The Morgan fingerprint density at radius 2 is 1.96 bits per heavy atom. The number of anilines is 1. The smallest absolute Gasteiger partial charge is 0.305 e. The Bertz CT molecular complexity index is 810. The lowest BCUT2D eigenvalue weighted by molar-refractivity contribution is -0.137. The number of urea groups is 1. The van der Waals surface area contributed by atoms with Gasteiger partial charge in [0.25, 0.3) is 5.91 Å². The summed E-state index contributed by atoms with van der Waals surface area (Å²) in [6.07, 6.45) is -0.350. The maximum Gasteiger partial charge on any atom is 0.417 e. The molecular formula is C16H10F3N3O2. The Morgan fingerprint density at radius 1 is 1.21 bits per heavy atom. The van der Waals surface area contributed by atoms with Crippen molar-refractivity contribution in [1.29, 1.82) is 5.26 Å². The van der Waals surface area contributed by atoms with Gasteiger partial charge >= 0.3 is 12.2 Å². The number of nitrogens with zero attached hydrogens (tertiary/aromatic N) is 3. The SMILES string of the molecule is N#Cc1ccc(N2C(=O)[C@H]3[C@H]4C=C[C@H](C4)N3C2=O)cc1C(F)(F)F. The molecule has 2 fully saturated rings. The molecule has 2 bridgehead atoms. The summed E-state index contributed by atoms with van der Waals surface area (Å²) in [6.45, 7) is 0. The highest BCUT2D eigenvalue weighted by molar-refractivity contribution is 6.22. The highest BCUT2D eigenvalue weighted by Gasteiger charge is 2.57. The molecule has 1 aromatic carbocycles. The molecule has 8 heteroatoms. The van der Waals surface area contributed by atoms with E-state index in [1.165, 1.54) is 17.0 Å². The van der Waals surface area contributed by atoms with Crippen LogP contribution in [-0.4, -0.2) is 28.9 Å². The zero-order valence-corrected chi connectivity index (χ0v) is 12.1. The van der Waals surface area contributed by atoms with Gasteiger partial charge in [-0.2, -0.15) is 18.4 Å². The fourth-order valence-electron chi connectivity index (χ4n) is 3.71. The molecule has 0 saturated carbocycles. The van der Waals surface area contributed by atoms with Crippen LogP contribution in [0.3, 0.4) is 0 Å². The molecule has 3 aliphatic rings. The number of fused-ring (bicyclic) bond motifs is 5. The Kier molecular flexibility index (Phi) is 2.83. The largest absolute Gasteiger partial charge is 0.417 e. The van der Waals surface area contributed by atoms with E-state index in [1.807, 2.05) is 12.2 Å². The minimum Gasteiger partial charge on any atom is -0.305 e. The minimum atomic E-state index is -4.75. The lowest BCUT2D eigenvalue weighted by atomic mass is 10.0. The van der Waals surface area contributed by atoms with Gasteiger partial charge in [0.15, 0.2) is 0 Å². The predicted octanol–water partition coefficient (Wildman–Crippen LogP) is 2.67. The van der Waals surface area contributed by atoms with Gasteiger partial charge in [-0.1, -0.05) is 12.2 Å². The molecule has 4 rings (SSSR count). The third-order valence-corrected chi connectivity index (χ3v) is 4.73. The first-order chi connectivity index (χ1) is 11.3. The molecule has 2 heterocycles. The van der Waals surface area contributed by atoms with Gasteiger partial charge in [0.05, 0.1) is 28.9 Å². The summed E-state index contributed by atoms with van der Waals surface area (Å²) in [6, 6.07) is 2.91. The van der Waals surface area contributed by atoms with Crippen LogP contribution in [0.5, 0.6) is 0 Å². The number of hydrogen-bond donors (Lipinski definition) is 0. The number of amides is 3. The van der Waals surface area contributed by atoms with Crippen LogP contribution < -0.4 is 4.90 Å². The highest BCUT2D eigenvalue weighted by Crippen LogP contribution is 2.44. The van der Waals surface area contributed by atoms with Crippen molar-refractivity contribution in [2.24, 2.45) is 5.92 Å². The molecule has 24 heavy (non-hydrogen) atoms. The van der Waals surface area contributed by atoms with Gasteiger partial charge in [0.2, 0.25) is 0 Å². The third-order valence-electron chi connectivity index (χ3n) is 4.73. The van der Waals surface area contributed by atoms with Gasteiger partial charge < -0.3 is 4.90 Å². The van der Waals surface area contributed by atoms with Gasteiger partial charge in [-0.05, 0) is 24.6 Å². The van der Waals surface area contributed by atoms with Gasteiger partial charge in [0.1, 0.15) is 6.04 Å². The topological polar surface area (TPSA) is 64.4 Å². The van der Waals surface area contributed by atoms with Crippen molar-refractivity contribution in [3.63, 3.8) is 0 Å². The highest BCUT2D eigenvalue weighted by atomic mass is 19.4. The van der Waals surface area contributed by atoms with E-state index in [-0.39, 0.29) is 17.6 Å². The van der Waals surface area contributed by atoms with Gasteiger partial charge in [-0.3, -0.25) is 4.79 Å². The average Bonchev–Trinajstić information content (AvgIpc) is 3.20. The summed E-state index contributed by atoms with van der Waals surface area (Å²) in [5, 5.41) is 8.84. The van der Waals surface area contributed by atoms with Crippen LogP contribution in [-0.2, 0) is 11.0 Å². The third kappa shape index (κ3) is 1.81. The Balaban J connectivity index is 1.77. The second-order valence-electron chi connectivity index (χ2n) is 6.00. The zero-order chi connectivity index (χ0) is 17.2. The number of benzene rings is 1. The molecule has 1 aromatic rings. The summed E-state index contributed by atoms with van der Waals surface area (Å²) >= 11 is 0. The number of nitriles is 1. The van der Waals surface area contributed by atoms with Crippen LogP contribution in [0.4, 0.5) is 23.7 Å². The van der Waals surface area contributed by atoms with E-state index in [9.17, 15) is 22.8 Å². The molecule has 0 aromatic heterocycles. The van der Waals surface area contributed by atoms with E-state index in [2.05, 4.69) is 0 Å². The normalized spacial score (nSPS) is 27.8. The van der Waals surface area contributed by atoms with Gasteiger partial charge in [0, 0.05) is 5.92 Å². The lowest BCUT2D eigenvalue weighted by Crippen LogP contribution is -2.38. The van der Waals surface area contributed by atoms with Crippen molar-refractivity contribution in [2.75, 3.05) is 4.90 Å². The summed E-state index contributed by atoms with van der Waals surface area (Å²) in [5.41, 5.74) is -1.87. The molecule has 0 radical (unpaired) electrons. The second kappa shape index (κ2) is 4.60. The molecule has 5 nitrogen and oxygen atoms in total. The van der Waals surface area contributed by atoms with E-state index >= 15 is 0 Å². The molecule has 3 amide bonds. The Morgan fingerprint density at radius 3 is 2.58 bits per heavy atom. The predicted molar refractivity (Wildman–Crippen MR) is 75.7 cm³/mol. The Labute approximate surface area is 134 Å². The summed E-state index contributed by atoms with van der Waals surface area (Å²) in [5.74, 6) is -0.605. The van der Waals surface area contributed by atoms with Crippen molar-refractivity contribution in [3.05, 3.63) is 41.5 Å². The van der Waals surface area contributed by atoms with Crippen molar-refractivity contribution < 1.29 is 22.8 Å². The lowest BCUT2D eigenvalue weighted by Gasteiger charge is -2.22.